The molecule has 0 radical (unpaired) electrons. The second kappa shape index (κ2) is 5.89. The minimum atomic E-state index is -4.41. The number of alkyl halides is 3. The van der Waals surface area contributed by atoms with E-state index in [1.54, 1.807) is 6.92 Å². The zero-order chi connectivity index (χ0) is 12.9. The van der Waals surface area contributed by atoms with Crippen molar-refractivity contribution in [3.63, 3.8) is 0 Å². The molecule has 3 nitrogen and oxygen atoms in total. The molecule has 0 aliphatic rings. The van der Waals surface area contributed by atoms with Crippen molar-refractivity contribution in [1.29, 1.82) is 0 Å². The van der Waals surface area contributed by atoms with Gasteiger partial charge in [0, 0.05) is 12.6 Å². The van der Waals surface area contributed by atoms with Crippen LogP contribution in [0.2, 0.25) is 0 Å². The van der Waals surface area contributed by atoms with Gasteiger partial charge in [-0.3, -0.25) is 4.79 Å². The first-order valence-corrected chi connectivity index (χ1v) is 4.91. The number of carbonyl (C=O) groups excluding carboxylic acids is 1. The zero-order valence-corrected chi connectivity index (χ0v) is 9.42. The first kappa shape index (κ1) is 15.0. The van der Waals surface area contributed by atoms with Crippen molar-refractivity contribution >= 4 is 5.91 Å². The van der Waals surface area contributed by atoms with Crippen LogP contribution in [-0.2, 0) is 4.79 Å². The van der Waals surface area contributed by atoms with Gasteiger partial charge in [-0.2, -0.15) is 13.2 Å². The Labute approximate surface area is 93.1 Å². The molecule has 0 saturated carbocycles. The van der Waals surface area contributed by atoms with Crippen molar-refractivity contribution in [2.75, 3.05) is 13.1 Å². The van der Waals surface area contributed by atoms with Gasteiger partial charge in [0.15, 0.2) is 0 Å². The van der Waals surface area contributed by atoms with Crippen LogP contribution < -0.4 is 5.73 Å². The second-order valence-corrected chi connectivity index (χ2v) is 3.77. The van der Waals surface area contributed by atoms with Gasteiger partial charge in [-0.15, -0.1) is 6.58 Å². The molecule has 16 heavy (non-hydrogen) atoms. The lowest BCUT2D eigenvalue weighted by atomic mass is 10.0. The van der Waals surface area contributed by atoms with E-state index in [2.05, 4.69) is 6.58 Å². The van der Waals surface area contributed by atoms with Gasteiger partial charge in [0.05, 0.1) is 5.92 Å². The Hall–Kier alpha value is -1.04. The monoisotopic (exact) mass is 238 g/mol. The Morgan fingerprint density at radius 1 is 1.50 bits per heavy atom. The molecular formula is C10H17F3N2O. The Balaban J connectivity index is 4.65. The Morgan fingerprint density at radius 3 is 2.31 bits per heavy atom. The van der Waals surface area contributed by atoms with Crippen LogP contribution in [0.25, 0.3) is 0 Å². The maximum atomic E-state index is 12.2. The summed E-state index contributed by atoms with van der Waals surface area (Å²) >= 11 is 0. The topological polar surface area (TPSA) is 46.3 Å². The molecule has 0 aromatic heterocycles. The van der Waals surface area contributed by atoms with Crippen LogP contribution >= 0.6 is 0 Å². The summed E-state index contributed by atoms with van der Waals surface area (Å²) in [5.41, 5.74) is 5.48. The van der Waals surface area contributed by atoms with Crippen molar-refractivity contribution in [2.45, 2.75) is 26.1 Å². The van der Waals surface area contributed by atoms with E-state index < -0.39 is 30.6 Å². The largest absolute Gasteiger partial charge is 0.406 e. The maximum absolute atomic E-state index is 12.2. The van der Waals surface area contributed by atoms with Crippen molar-refractivity contribution in [3.05, 3.63) is 12.7 Å². The average molecular weight is 238 g/mol. The number of halogens is 3. The van der Waals surface area contributed by atoms with Gasteiger partial charge in [-0.1, -0.05) is 13.0 Å². The van der Waals surface area contributed by atoms with Gasteiger partial charge in [-0.05, 0) is 6.92 Å². The highest BCUT2D eigenvalue weighted by atomic mass is 19.4. The molecule has 0 saturated heterocycles. The molecule has 0 bridgehead atoms. The van der Waals surface area contributed by atoms with Crippen molar-refractivity contribution < 1.29 is 18.0 Å². The lowest BCUT2D eigenvalue weighted by Crippen LogP contribution is -2.45. The van der Waals surface area contributed by atoms with Gasteiger partial charge in [-0.25, -0.2) is 0 Å². The number of carbonyl (C=O) groups is 1. The van der Waals surface area contributed by atoms with Crippen molar-refractivity contribution in [1.82, 2.24) is 4.90 Å². The number of nitrogens with two attached hydrogens (primary N) is 1. The van der Waals surface area contributed by atoms with Gasteiger partial charge in [0.2, 0.25) is 5.91 Å². The van der Waals surface area contributed by atoms with Crippen LogP contribution in [0, 0.1) is 5.92 Å². The third-order valence-electron chi connectivity index (χ3n) is 2.21. The summed E-state index contributed by atoms with van der Waals surface area (Å²) in [7, 11) is 0. The van der Waals surface area contributed by atoms with Crippen LogP contribution in [0.4, 0.5) is 13.2 Å². The molecule has 1 amide bonds. The summed E-state index contributed by atoms with van der Waals surface area (Å²) < 4.78 is 36.6. The molecule has 0 rings (SSSR count). The SMILES string of the molecule is C=CCN(CC(F)(F)F)C(=O)C(C)C(C)N. The predicted molar refractivity (Wildman–Crippen MR) is 55.6 cm³/mol. The molecule has 0 heterocycles. The van der Waals surface area contributed by atoms with Crippen LogP contribution in [0.3, 0.4) is 0 Å². The number of rotatable bonds is 5. The summed E-state index contributed by atoms with van der Waals surface area (Å²) in [4.78, 5) is 12.4. The van der Waals surface area contributed by atoms with E-state index >= 15 is 0 Å². The zero-order valence-electron chi connectivity index (χ0n) is 9.42. The molecule has 2 N–H and O–H groups in total. The summed E-state index contributed by atoms with van der Waals surface area (Å²) in [5, 5.41) is 0. The lowest BCUT2D eigenvalue weighted by molar-refractivity contribution is -0.162. The molecule has 2 unspecified atom stereocenters. The van der Waals surface area contributed by atoms with Gasteiger partial charge >= 0.3 is 6.18 Å². The number of amides is 1. The Bertz CT molecular complexity index is 251. The van der Waals surface area contributed by atoms with Crippen molar-refractivity contribution in [2.24, 2.45) is 11.7 Å². The Morgan fingerprint density at radius 2 is 2.00 bits per heavy atom. The highest BCUT2D eigenvalue weighted by Crippen LogP contribution is 2.18. The van der Waals surface area contributed by atoms with E-state index in [1.807, 2.05) is 0 Å². The number of hydrogen-bond acceptors (Lipinski definition) is 2. The first-order valence-electron chi connectivity index (χ1n) is 4.91. The third-order valence-corrected chi connectivity index (χ3v) is 2.21. The van der Waals surface area contributed by atoms with Crippen molar-refractivity contribution in [3.8, 4) is 0 Å². The summed E-state index contributed by atoms with van der Waals surface area (Å²) in [6, 6.07) is -0.479. The molecule has 0 spiro atoms. The van der Waals surface area contributed by atoms with Crippen LogP contribution in [0.1, 0.15) is 13.8 Å². The summed E-state index contributed by atoms with van der Waals surface area (Å²) in [5.74, 6) is -1.24. The quantitative estimate of drug-likeness (QED) is 0.738. The molecule has 0 aliphatic carbocycles. The molecular weight excluding hydrogens is 221 g/mol. The summed E-state index contributed by atoms with van der Waals surface area (Å²) in [6.07, 6.45) is -3.15. The van der Waals surface area contributed by atoms with Gasteiger partial charge in [0.25, 0.3) is 0 Å². The van der Waals surface area contributed by atoms with E-state index in [4.69, 9.17) is 5.73 Å². The highest BCUT2D eigenvalue weighted by Gasteiger charge is 2.34. The first-order chi connectivity index (χ1) is 7.19. The minimum absolute atomic E-state index is 0.130. The van der Waals surface area contributed by atoms with E-state index in [0.717, 1.165) is 0 Å². The van der Waals surface area contributed by atoms with Crippen LogP contribution in [-0.4, -0.2) is 36.1 Å². The normalized spacial score (nSPS) is 15.4. The Kier molecular flexibility index (Phi) is 5.50. The number of hydrogen-bond donors (Lipinski definition) is 1. The fourth-order valence-corrected chi connectivity index (χ4v) is 1.12. The highest BCUT2D eigenvalue weighted by molar-refractivity contribution is 5.79. The third kappa shape index (κ3) is 5.16. The smallest absolute Gasteiger partial charge is 0.330 e. The molecule has 6 heteroatoms. The van der Waals surface area contributed by atoms with Crippen LogP contribution in [0.15, 0.2) is 12.7 Å². The maximum Gasteiger partial charge on any atom is 0.406 e. The lowest BCUT2D eigenvalue weighted by Gasteiger charge is -2.27. The summed E-state index contributed by atoms with van der Waals surface area (Å²) in [6.45, 7) is 5.03. The van der Waals surface area contributed by atoms with Gasteiger partial charge in [0.1, 0.15) is 6.54 Å². The number of nitrogens with zero attached hydrogens (tertiary/aromatic N) is 1. The molecule has 0 aromatic carbocycles. The molecule has 0 aliphatic heterocycles. The van der Waals surface area contributed by atoms with E-state index in [-0.39, 0.29) is 6.54 Å². The minimum Gasteiger partial charge on any atom is -0.330 e. The fourth-order valence-electron chi connectivity index (χ4n) is 1.12. The predicted octanol–water partition coefficient (Wildman–Crippen LogP) is 1.55. The molecule has 94 valence electrons. The second-order valence-electron chi connectivity index (χ2n) is 3.77. The van der Waals surface area contributed by atoms with E-state index in [1.165, 1.54) is 13.0 Å². The molecule has 0 fully saturated rings. The van der Waals surface area contributed by atoms with Gasteiger partial charge < -0.3 is 10.6 Å². The molecule has 2 atom stereocenters. The fraction of sp³-hybridized carbons (Fsp3) is 0.700. The molecule has 0 aromatic rings. The van der Waals surface area contributed by atoms with Crippen LogP contribution in [0.5, 0.6) is 0 Å². The van der Waals surface area contributed by atoms with E-state index in [0.29, 0.717) is 4.90 Å². The average Bonchev–Trinajstić information content (AvgIpc) is 2.12. The van der Waals surface area contributed by atoms with E-state index in [9.17, 15) is 18.0 Å². The standard InChI is InChI=1S/C10H17F3N2O/c1-4-5-15(6-10(11,12)13)9(16)7(2)8(3)14/h4,7-8H,1,5-6,14H2,2-3H3.